The van der Waals surface area contributed by atoms with Crippen molar-refractivity contribution in [2.75, 3.05) is 20.8 Å². The summed E-state index contributed by atoms with van der Waals surface area (Å²) in [4.78, 5) is 16.5. The van der Waals surface area contributed by atoms with Crippen molar-refractivity contribution in [3.05, 3.63) is 59.7 Å². The monoisotopic (exact) mass is 371 g/mol. The highest BCUT2D eigenvalue weighted by molar-refractivity contribution is 5.94. The fraction of sp³-hybridized carbons (Fsp3) is 0.211. The average molecular weight is 371 g/mol. The van der Waals surface area contributed by atoms with Crippen LogP contribution in [0.5, 0.6) is 11.5 Å². The fourth-order valence-electron chi connectivity index (χ4n) is 2.44. The zero-order valence-electron chi connectivity index (χ0n) is 14.9. The van der Waals surface area contributed by atoms with E-state index in [2.05, 4.69) is 15.5 Å². The van der Waals surface area contributed by atoms with Crippen molar-refractivity contribution in [1.29, 1.82) is 0 Å². The molecule has 1 heterocycles. The van der Waals surface area contributed by atoms with Crippen LogP contribution in [0.25, 0.3) is 11.4 Å². The van der Waals surface area contributed by atoms with E-state index in [9.17, 15) is 9.18 Å². The molecule has 2 aromatic carbocycles. The summed E-state index contributed by atoms with van der Waals surface area (Å²) in [5.41, 5.74) is 1.10. The predicted octanol–water partition coefficient (Wildman–Crippen LogP) is 2.87. The fourth-order valence-corrected chi connectivity index (χ4v) is 2.44. The van der Waals surface area contributed by atoms with E-state index in [4.69, 9.17) is 14.0 Å². The zero-order chi connectivity index (χ0) is 19.2. The van der Waals surface area contributed by atoms with Crippen LogP contribution in [0, 0.1) is 5.82 Å². The average Bonchev–Trinajstić information content (AvgIpc) is 3.16. The molecule has 0 bridgehead atoms. The summed E-state index contributed by atoms with van der Waals surface area (Å²) in [6, 6.07) is 10.7. The van der Waals surface area contributed by atoms with Gasteiger partial charge in [-0.3, -0.25) is 4.79 Å². The first kappa shape index (κ1) is 18.4. The van der Waals surface area contributed by atoms with E-state index in [-0.39, 0.29) is 11.7 Å². The molecule has 1 aromatic heterocycles. The first-order valence-electron chi connectivity index (χ1n) is 8.19. The minimum atomic E-state index is -0.333. The van der Waals surface area contributed by atoms with Crippen LogP contribution in [0.3, 0.4) is 0 Å². The van der Waals surface area contributed by atoms with Gasteiger partial charge in [0.1, 0.15) is 5.82 Å². The van der Waals surface area contributed by atoms with Gasteiger partial charge in [-0.2, -0.15) is 4.98 Å². The Bertz CT molecular complexity index is 925. The van der Waals surface area contributed by atoms with Crippen molar-refractivity contribution >= 4 is 5.91 Å². The maximum Gasteiger partial charge on any atom is 0.251 e. The normalized spacial score (nSPS) is 10.5. The number of amides is 1. The van der Waals surface area contributed by atoms with Crippen LogP contribution in [0.15, 0.2) is 47.0 Å². The van der Waals surface area contributed by atoms with Crippen LogP contribution in [0.1, 0.15) is 16.2 Å². The number of nitrogens with zero attached hydrogens (tertiary/aromatic N) is 2. The van der Waals surface area contributed by atoms with Crippen molar-refractivity contribution in [3.8, 4) is 22.9 Å². The summed E-state index contributed by atoms with van der Waals surface area (Å²) in [7, 11) is 3.04. The van der Waals surface area contributed by atoms with Crippen LogP contribution in [-0.2, 0) is 6.42 Å². The highest BCUT2D eigenvalue weighted by Gasteiger charge is 2.12. The van der Waals surface area contributed by atoms with Crippen LogP contribution >= 0.6 is 0 Å². The van der Waals surface area contributed by atoms with Gasteiger partial charge in [0.2, 0.25) is 11.7 Å². The van der Waals surface area contributed by atoms with Gasteiger partial charge in [0.15, 0.2) is 11.5 Å². The van der Waals surface area contributed by atoms with Crippen molar-refractivity contribution < 1.29 is 23.2 Å². The summed E-state index contributed by atoms with van der Waals surface area (Å²) in [5.74, 6) is 1.19. The lowest BCUT2D eigenvalue weighted by atomic mass is 10.2. The van der Waals surface area contributed by atoms with Gasteiger partial charge in [-0.05, 0) is 42.5 Å². The third-order valence-corrected chi connectivity index (χ3v) is 3.84. The number of hydrogen-bond donors (Lipinski definition) is 1. The first-order valence-corrected chi connectivity index (χ1v) is 8.19. The standard InChI is InChI=1S/C19H18FN3O4/c1-25-15-8-5-13(11-16(15)26-2)19(24)21-10-9-17-22-18(23-27-17)12-3-6-14(20)7-4-12/h3-8,11H,9-10H2,1-2H3,(H,21,24). The van der Waals surface area contributed by atoms with E-state index >= 15 is 0 Å². The van der Waals surface area contributed by atoms with E-state index in [0.717, 1.165) is 0 Å². The maximum atomic E-state index is 13.0. The van der Waals surface area contributed by atoms with E-state index in [1.807, 2.05) is 0 Å². The highest BCUT2D eigenvalue weighted by Crippen LogP contribution is 2.27. The Morgan fingerprint density at radius 3 is 2.56 bits per heavy atom. The molecule has 140 valence electrons. The van der Waals surface area contributed by atoms with Crippen molar-refractivity contribution in [1.82, 2.24) is 15.5 Å². The number of aromatic nitrogens is 2. The Balaban J connectivity index is 1.57. The first-order chi connectivity index (χ1) is 13.1. The highest BCUT2D eigenvalue weighted by atomic mass is 19.1. The van der Waals surface area contributed by atoms with Crippen LogP contribution < -0.4 is 14.8 Å². The second kappa shape index (κ2) is 8.31. The van der Waals surface area contributed by atoms with Crippen LogP contribution in [0.4, 0.5) is 4.39 Å². The molecule has 0 radical (unpaired) electrons. The Morgan fingerprint density at radius 1 is 1.11 bits per heavy atom. The molecular weight excluding hydrogens is 353 g/mol. The number of ether oxygens (including phenoxy) is 2. The van der Waals surface area contributed by atoms with E-state index in [1.54, 1.807) is 30.3 Å². The zero-order valence-corrected chi connectivity index (χ0v) is 14.9. The van der Waals surface area contributed by atoms with Crippen LogP contribution in [0.2, 0.25) is 0 Å². The van der Waals surface area contributed by atoms with Gasteiger partial charge in [-0.25, -0.2) is 4.39 Å². The smallest absolute Gasteiger partial charge is 0.251 e. The second-order valence-electron chi connectivity index (χ2n) is 5.59. The minimum absolute atomic E-state index is 0.255. The quantitative estimate of drug-likeness (QED) is 0.687. The van der Waals surface area contributed by atoms with Crippen LogP contribution in [-0.4, -0.2) is 36.8 Å². The lowest BCUT2D eigenvalue weighted by molar-refractivity contribution is 0.0953. The van der Waals surface area contributed by atoms with Gasteiger partial charge in [-0.15, -0.1) is 0 Å². The van der Waals surface area contributed by atoms with Gasteiger partial charge in [0.25, 0.3) is 5.91 Å². The molecule has 7 nitrogen and oxygen atoms in total. The topological polar surface area (TPSA) is 86.5 Å². The summed E-state index contributed by atoms with van der Waals surface area (Å²) in [6.45, 7) is 0.318. The summed E-state index contributed by atoms with van der Waals surface area (Å²) in [5, 5.41) is 6.64. The Hall–Kier alpha value is -3.42. The van der Waals surface area contributed by atoms with E-state index in [0.29, 0.717) is 47.3 Å². The molecule has 0 unspecified atom stereocenters. The van der Waals surface area contributed by atoms with E-state index < -0.39 is 0 Å². The molecule has 0 aliphatic rings. The molecule has 8 heteroatoms. The van der Waals surface area contributed by atoms with Gasteiger partial charge in [0.05, 0.1) is 14.2 Å². The molecule has 0 atom stereocenters. The third kappa shape index (κ3) is 4.41. The summed E-state index contributed by atoms with van der Waals surface area (Å²) in [6.07, 6.45) is 0.368. The summed E-state index contributed by atoms with van der Waals surface area (Å²) < 4.78 is 28.5. The maximum absolute atomic E-state index is 13.0. The Kier molecular flexibility index (Phi) is 5.65. The molecule has 1 amide bonds. The molecule has 0 fully saturated rings. The van der Waals surface area contributed by atoms with Gasteiger partial charge in [0, 0.05) is 24.1 Å². The lowest BCUT2D eigenvalue weighted by Gasteiger charge is -2.09. The number of hydrogen-bond acceptors (Lipinski definition) is 6. The Morgan fingerprint density at radius 2 is 1.85 bits per heavy atom. The number of rotatable bonds is 7. The molecule has 3 aromatic rings. The number of benzene rings is 2. The molecule has 0 saturated carbocycles. The SMILES string of the molecule is COc1ccc(C(=O)NCCc2nc(-c3ccc(F)cc3)no2)cc1OC. The van der Waals surface area contributed by atoms with Gasteiger partial charge >= 0.3 is 0 Å². The lowest BCUT2D eigenvalue weighted by Crippen LogP contribution is -2.25. The number of halogens is 1. The molecular formula is C19H18FN3O4. The molecule has 1 N–H and O–H groups in total. The predicted molar refractivity (Wildman–Crippen MR) is 95.3 cm³/mol. The van der Waals surface area contributed by atoms with E-state index in [1.165, 1.54) is 26.4 Å². The van der Waals surface area contributed by atoms with Crippen molar-refractivity contribution in [2.24, 2.45) is 0 Å². The van der Waals surface area contributed by atoms with Crippen molar-refractivity contribution in [3.63, 3.8) is 0 Å². The number of carbonyl (C=O) groups excluding carboxylic acids is 1. The minimum Gasteiger partial charge on any atom is -0.493 e. The summed E-state index contributed by atoms with van der Waals surface area (Å²) >= 11 is 0. The molecule has 0 saturated heterocycles. The Labute approximate surface area is 155 Å². The molecule has 0 aliphatic carbocycles. The molecule has 27 heavy (non-hydrogen) atoms. The molecule has 0 aliphatic heterocycles. The van der Waals surface area contributed by atoms with Gasteiger partial charge in [-0.1, -0.05) is 5.16 Å². The second-order valence-corrected chi connectivity index (χ2v) is 5.59. The van der Waals surface area contributed by atoms with Gasteiger partial charge < -0.3 is 19.3 Å². The molecule has 0 spiro atoms. The number of nitrogens with one attached hydrogen (secondary N) is 1. The van der Waals surface area contributed by atoms with Crippen molar-refractivity contribution in [2.45, 2.75) is 6.42 Å². The molecule has 3 rings (SSSR count). The number of methoxy groups -OCH3 is 2. The largest absolute Gasteiger partial charge is 0.493 e. The third-order valence-electron chi connectivity index (χ3n) is 3.84. The number of carbonyl (C=O) groups is 1.